The third-order valence-electron chi connectivity index (χ3n) is 3.97. The predicted molar refractivity (Wildman–Crippen MR) is 83.3 cm³/mol. The lowest BCUT2D eigenvalue weighted by molar-refractivity contribution is 0.137. The first kappa shape index (κ1) is 14.1. The monoisotopic (exact) mass is 285 g/mol. The zero-order chi connectivity index (χ0) is 14.9. The molecule has 1 atom stereocenters. The van der Waals surface area contributed by atoms with Crippen LogP contribution < -0.4 is 10.1 Å². The topological polar surface area (TPSA) is 49.9 Å². The number of imidazole rings is 1. The maximum Gasteiger partial charge on any atom is 0.127 e. The van der Waals surface area contributed by atoms with E-state index in [4.69, 9.17) is 4.74 Å². The molecule has 1 aliphatic heterocycles. The van der Waals surface area contributed by atoms with Gasteiger partial charge in [0.1, 0.15) is 17.2 Å². The third-order valence-corrected chi connectivity index (χ3v) is 3.97. The summed E-state index contributed by atoms with van der Waals surface area (Å²) < 4.78 is 6.12. The van der Waals surface area contributed by atoms with Crippen molar-refractivity contribution >= 4 is 0 Å². The zero-order valence-corrected chi connectivity index (χ0v) is 12.9. The second-order valence-corrected chi connectivity index (χ2v) is 6.26. The summed E-state index contributed by atoms with van der Waals surface area (Å²) in [6.45, 7) is 7.23. The number of aromatic nitrogens is 2. The standard InChI is InChI=1S/C17H23N3O/c1-4-14(16-18-8-9-19-16)20-11-13-7-5-6-12-10-17(2,3)21-15(12)13/h5-9,14,20H,4,10-11H2,1-3H3,(H,18,19). The van der Waals surface area contributed by atoms with Crippen LogP contribution in [0.3, 0.4) is 0 Å². The number of H-pyrrole nitrogens is 1. The Morgan fingerprint density at radius 1 is 1.43 bits per heavy atom. The van der Waals surface area contributed by atoms with Gasteiger partial charge in [0.15, 0.2) is 0 Å². The van der Waals surface area contributed by atoms with Gasteiger partial charge in [-0.05, 0) is 25.8 Å². The van der Waals surface area contributed by atoms with Crippen molar-refractivity contribution in [3.63, 3.8) is 0 Å². The first-order valence-electron chi connectivity index (χ1n) is 7.61. The quantitative estimate of drug-likeness (QED) is 0.885. The summed E-state index contributed by atoms with van der Waals surface area (Å²) in [6, 6.07) is 6.67. The summed E-state index contributed by atoms with van der Waals surface area (Å²) in [5, 5.41) is 3.57. The van der Waals surface area contributed by atoms with Crippen LogP contribution in [0.5, 0.6) is 5.75 Å². The van der Waals surface area contributed by atoms with E-state index < -0.39 is 0 Å². The summed E-state index contributed by atoms with van der Waals surface area (Å²) >= 11 is 0. The van der Waals surface area contributed by atoms with Gasteiger partial charge in [-0.3, -0.25) is 0 Å². The minimum atomic E-state index is -0.0936. The SMILES string of the molecule is CCC(NCc1cccc2c1OC(C)(C)C2)c1ncc[nH]1. The number of rotatable bonds is 5. The first-order chi connectivity index (χ1) is 10.1. The van der Waals surface area contributed by atoms with Gasteiger partial charge in [-0.1, -0.05) is 25.1 Å². The highest BCUT2D eigenvalue weighted by Crippen LogP contribution is 2.37. The van der Waals surface area contributed by atoms with E-state index in [1.165, 1.54) is 11.1 Å². The number of nitrogens with one attached hydrogen (secondary N) is 2. The lowest BCUT2D eigenvalue weighted by Gasteiger charge is -2.19. The van der Waals surface area contributed by atoms with Gasteiger partial charge in [0, 0.05) is 30.9 Å². The molecule has 2 aromatic rings. The Hall–Kier alpha value is -1.81. The van der Waals surface area contributed by atoms with Crippen LogP contribution in [-0.2, 0) is 13.0 Å². The van der Waals surface area contributed by atoms with Crippen LogP contribution in [0.1, 0.15) is 50.2 Å². The molecule has 2 heterocycles. The molecule has 3 rings (SSSR count). The Kier molecular flexibility index (Phi) is 3.72. The van der Waals surface area contributed by atoms with E-state index in [1.54, 1.807) is 6.20 Å². The minimum absolute atomic E-state index is 0.0936. The molecular weight excluding hydrogens is 262 g/mol. The van der Waals surface area contributed by atoms with E-state index in [9.17, 15) is 0 Å². The Labute approximate surface area is 125 Å². The van der Waals surface area contributed by atoms with E-state index in [2.05, 4.69) is 54.3 Å². The van der Waals surface area contributed by atoms with Gasteiger partial charge in [-0.2, -0.15) is 0 Å². The molecule has 0 bridgehead atoms. The van der Waals surface area contributed by atoms with Crippen molar-refractivity contribution in [3.8, 4) is 5.75 Å². The highest BCUT2D eigenvalue weighted by molar-refractivity contribution is 5.45. The molecule has 0 saturated heterocycles. The van der Waals surface area contributed by atoms with Crippen LogP contribution in [-0.4, -0.2) is 15.6 Å². The molecule has 0 aliphatic carbocycles. The van der Waals surface area contributed by atoms with Gasteiger partial charge in [0.05, 0.1) is 6.04 Å². The Morgan fingerprint density at radius 2 is 2.29 bits per heavy atom. The number of hydrogen-bond acceptors (Lipinski definition) is 3. The van der Waals surface area contributed by atoms with E-state index in [0.717, 1.165) is 31.0 Å². The largest absolute Gasteiger partial charge is 0.487 e. The molecule has 1 unspecified atom stereocenters. The maximum atomic E-state index is 6.12. The molecule has 0 amide bonds. The molecule has 4 nitrogen and oxygen atoms in total. The molecule has 0 radical (unpaired) electrons. The van der Waals surface area contributed by atoms with E-state index >= 15 is 0 Å². The summed E-state index contributed by atoms with van der Waals surface area (Å²) in [7, 11) is 0. The van der Waals surface area contributed by atoms with Crippen molar-refractivity contribution < 1.29 is 4.74 Å². The van der Waals surface area contributed by atoms with Crippen LogP contribution in [0.15, 0.2) is 30.6 Å². The molecule has 21 heavy (non-hydrogen) atoms. The molecule has 1 aromatic heterocycles. The number of benzene rings is 1. The first-order valence-corrected chi connectivity index (χ1v) is 7.61. The normalized spacial score (nSPS) is 17.3. The number of nitrogens with zero attached hydrogens (tertiary/aromatic N) is 1. The van der Waals surface area contributed by atoms with Crippen LogP contribution in [0.4, 0.5) is 0 Å². The smallest absolute Gasteiger partial charge is 0.127 e. The van der Waals surface area contributed by atoms with Crippen LogP contribution in [0, 0.1) is 0 Å². The minimum Gasteiger partial charge on any atom is -0.487 e. The fraction of sp³-hybridized carbons (Fsp3) is 0.471. The van der Waals surface area contributed by atoms with Crippen LogP contribution in [0.25, 0.3) is 0 Å². The van der Waals surface area contributed by atoms with Gasteiger partial charge in [-0.15, -0.1) is 0 Å². The molecule has 112 valence electrons. The lowest BCUT2D eigenvalue weighted by atomic mass is 10.0. The van der Waals surface area contributed by atoms with Gasteiger partial charge in [-0.25, -0.2) is 4.98 Å². The predicted octanol–water partition coefficient (Wildman–Crippen LogP) is 3.36. The summed E-state index contributed by atoms with van der Waals surface area (Å²) in [5.74, 6) is 2.05. The Bertz CT molecular complexity index is 605. The maximum absolute atomic E-state index is 6.12. The highest BCUT2D eigenvalue weighted by Gasteiger charge is 2.31. The van der Waals surface area contributed by atoms with E-state index in [-0.39, 0.29) is 11.6 Å². The highest BCUT2D eigenvalue weighted by atomic mass is 16.5. The van der Waals surface area contributed by atoms with Gasteiger partial charge in [0.2, 0.25) is 0 Å². The third kappa shape index (κ3) is 2.95. The molecular formula is C17H23N3O. The number of aromatic amines is 1. The molecule has 1 aliphatic rings. The second-order valence-electron chi connectivity index (χ2n) is 6.26. The lowest BCUT2D eigenvalue weighted by Crippen LogP contribution is -2.25. The summed E-state index contributed by atoms with van der Waals surface area (Å²) in [5.41, 5.74) is 2.44. The second kappa shape index (κ2) is 5.53. The molecule has 0 spiro atoms. The van der Waals surface area contributed by atoms with Crippen molar-refractivity contribution in [3.05, 3.63) is 47.5 Å². The van der Waals surface area contributed by atoms with Crippen molar-refractivity contribution in [1.29, 1.82) is 0 Å². The van der Waals surface area contributed by atoms with Gasteiger partial charge in [0.25, 0.3) is 0 Å². The van der Waals surface area contributed by atoms with Gasteiger partial charge < -0.3 is 15.0 Å². The van der Waals surface area contributed by atoms with E-state index in [1.807, 2.05) is 6.20 Å². The van der Waals surface area contributed by atoms with E-state index in [0.29, 0.717) is 0 Å². The Balaban J connectivity index is 1.74. The molecule has 1 aromatic carbocycles. The summed E-state index contributed by atoms with van der Waals surface area (Å²) in [4.78, 5) is 7.53. The van der Waals surface area contributed by atoms with Crippen molar-refractivity contribution in [2.45, 2.75) is 51.8 Å². The number of ether oxygens (including phenoxy) is 1. The molecule has 0 fully saturated rings. The van der Waals surface area contributed by atoms with Crippen LogP contribution in [0.2, 0.25) is 0 Å². The summed E-state index contributed by atoms with van der Waals surface area (Å²) in [6.07, 6.45) is 5.64. The van der Waals surface area contributed by atoms with Crippen molar-refractivity contribution in [1.82, 2.24) is 15.3 Å². The fourth-order valence-electron chi connectivity index (χ4n) is 2.95. The molecule has 2 N–H and O–H groups in total. The fourth-order valence-corrected chi connectivity index (χ4v) is 2.95. The van der Waals surface area contributed by atoms with Crippen molar-refractivity contribution in [2.75, 3.05) is 0 Å². The number of hydrogen-bond donors (Lipinski definition) is 2. The number of para-hydroxylation sites is 1. The van der Waals surface area contributed by atoms with Gasteiger partial charge >= 0.3 is 0 Å². The average molecular weight is 285 g/mol. The molecule has 0 saturated carbocycles. The Morgan fingerprint density at radius 3 is 3.00 bits per heavy atom. The number of fused-ring (bicyclic) bond motifs is 1. The van der Waals surface area contributed by atoms with Crippen LogP contribution >= 0.6 is 0 Å². The van der Waals surface area contributed by atoms with Crippen molar-refractivity contribution in [2.24, 2.45) is 0 Å². The average Bonchev–Trinajstić information content (AvgIpc) is 3.05. The molecule has 4 heteroatoms. The zero-order valence-electron chi connectivity index (χ0n) is 12.9.